The summed E-state index contributed by atoms with van der Waals surface area (Å²) in [6.07, 6.45) is 4.20. The highest BCUT2D eigenvalue weighted by molar-refractivity contribution is 5.66. The molecule has 0 fully saturated rings. The first-order valence-electron chi connectivity index (χ1n) is 5.18. The Labute approximate surface area is 85.5 Å². The number of nitrogens with zero attached hydrogens (tertiary/aromatic N) is 1. The van der Waals surface area contributed by atoms with Crippen molar-refractivity contribution in [1.82, 2.24) is 4.90 Å². The molecule has 4 heteroatoms. The van der Waals surface area contributed by atoms with Crippen LogP contribution in [-0.2, 0) is 4.79 Å². The summed E-state index contributed by atoms with van der Waals surface area (Å²) < 4.78 is 0. The molecule has 84 valence electrons. The van der Waals surface area contributed by atoms with E-state index < -0.39 is 5.97 Å². The number of likely N-dealkylation sites (N-methyl/N-ethyl adjacent to an activating group) is 1. The molecular formula is C10H21NO3. The number of aliphatic carboxylic acids is 1. The standard InChI is InChI=1S/C10H21NO3/c1-11(8-9-12)7-5-3-2-4-6-10(13)14/h12H,2-9H2,1H3,(H,13,14). The average Bonchev–Trinajstić information content (AvgIpc) is 2.11. The van der Waals surface area contributed by atoms with E-state index in [2.05, 4.69) is 4.90 Å². The van der Waals surface area contributed by atoms with Gasteiger partial charge in [-0.2, -0.15) is 0 Å². The highest BCUT2D eigenvalue weighted by Crippen LogP contribution is 2.03. The number of carboxylic acid groups (broad SMARTS) is 1. The molecule has 0 spiro atoms. The van der Waals surface area contributed by atoms with Gasteiger partial charge in [0.2, 0.25) is 0 Å². The molecule has 0 aromatic carbocycles. The number of hydrogen-bond acceptors (Lipinski definition) is 3. The van der Waals surface area contributed by atoms with Crippen LogP contribution in [0.2, 0.25) is 0 Å². The van der Waals surface area contributed by atoms with Gasteiger partial charge in [-0.3, -0.25) is 4.79 Å². The van der Waals surface area contributed by atoms with Gasteiger partial charge in [0, 0.05) is 13.0 Å². The maximum atomic E-state index is 10.2. The molecule has 0 rings (SSSR count). The lowest BCUT2D eigenvalue weighted by molar-refractivity contribution is -0.137. The second-order valence-corrected chi connectivity index (χ2v) is 3.58. The topological polar surface area (TPSA) is 60.8 Å². The fraction of sp³-hybridized carbons (Fsp3) is 0.900. The van der Waals surface area contributed by atoms with E-state index in [0.29, 0.717) is 0 Å². The highest BCUT2D eigenvalue weighted by Gasteiger charge is 1.98. The molecule has 0 saturated carbocycles. The second-order valence-electron chi connectivity index (χ2n) is 3.58. The summed E-state index contributed by atoms with van der Waals surface area (Å²) in [6.45, 7) is 1.90. The van der Waals surface area contributed by atoms with E-state index >= 15 is 0 Å². The lowest BCUT2D eigenvalue weighted by Gasteiger charge is -2.14. The molecule has 14 heavy (non-hydrogen) atoms. The largest absolute Gasteiger partial charge is 0.481 e. The fourth-order valence-electron chi connectivity index (χ4n) is 1.29. The van der Waals surface area contributed by atoms with E-state index in [9.17, 15) is 4.79 Å². The summed E-state index contributed by atoms with van der Waals surface area (Å²) in [4.78, 5) is 12.3. The zero-order valence-electron chi connectivity index (χ0n) is 8.91. The minimum Gasteiger partial charge on any atom is -0.481 e. The Kier molecular flexibility index (Phi) is 8.57. The maximum absolute atomic E-state index is 10.2. The van der Waals surface area contributed by atoms with Crippen molar-refractivity contribution in [1.29, 1.82) is 0 Å². The maximum Gasteiger partial charge on any atom is 0.303 e. The Balaban J connectivity index is 3.09. The van der Waals surface area contributed by atoms with Crippen molar-refractivity contribution in [3.05, 3.63) is 0 Å². The van der Waals surface area contributed by atoms with Gasteiger partial charge in [0.25, 0.3) is 0 Å². The molecule has 0 radical (unpaired) electrons. The van der Waals surface area contributed by atoms with E-state index in [-0.39, 0.29) is 13.0 Å². The number of carbonyl (C=O) groups is 1. The third-order valence-electron chi connectivity index (χ3n) is 2.16. The SMILES string of the molecule is CN(CCO)CCCCCCC(=O)O. The lowest BCUT2D eigenvalue weighted by atomic mass is 10.1. The molecule has 0 heterocycles. The Morgan fingerprint density at radius 3 is 2.36 bits per heavy atom. The molecule has 0 aromatic heterocycles. The first-order valence-corrected chi connectivity index (χ1v) is 5.18. The Morgan fingerprint density at radius 1 is 1.14 bits per heavy atom. The summed E-state index contributed by atoms with van der Waals surface area (Å²) >= 11 is 0. The summed E-state index contributed by atoms with van der Waals surface area (Å²) in [5.74, 6) is -0.706. The molecular weight excluding hydrogens is 182 g/mol. The first-order chi connectivity index (χ1) is 6.66. The van der Waals surface area contributed by atoms with E-state index in [1.807, 2.05) is 7.05 Å². The molecule has 2 N–H and O–H groups in total. The first kappa shape index (κ1) is 13.4. The average molecular weight is 203 g/mol. The van der Waals surface area contributed by atoms with E-state index in [0.717, 1.165) is 38.8 Å². The van der Waals surface area contributed by atoms with E-state index in [1.54, 1.807) is 0 Å². The summed E-state index contributed by atoms with van der Waals surface area (Å²) in [5, 5.41) is 17.0. The van der Waals surface area contributed by atoms with Gasteiger partial charge in [0.15, 0.2) is 0 Å². The normalized spacial score (nSPS) is 10.8. The Bertz CT molecular complexity index is 150. The molecule has 4 nitrogen and oxygen atoms in total. The van der Waals surface area contributed by atoms with E-state index in [4.69, 9.17) is 10.2 Å². The van der Waals surface area contributed by atoms with Crippen molar-refractivity contribution in [2.75, 3.05) is 26.7 Å². The number of rotatable bonds is 9. The lowest BCUT2D eigenvalue weighted by Crippen LogP contribution is -2.23. The Hall–Kier alpha value is -0.610. The van der Waals surface area contributed by atoms with Crippen LogP contribution in [0.4, 0.5) is 0 Å². The molecule has 0 aliphatic rings. The van der Waals surface area contributed by atoms with Crippen LogP contribution in [0.3, 0.4) is 0 Å². The van der Waals surface area contributed by atoms with Crippen molar-refractivity contribution in [3.63, 3.8) is 0 Å². The van der Waals surface area contributed by atoms with Crippen molar-refractivity contribution >= 4 is 5.97 Å². The van der Waals surface area contributed by atoms with Gasteiger partial charge in [-0.15, -0.1) is 0 Å². The third-order valence-corrected chi connectivity index (χ3v) is 2.16. The molecule has 0 aliphatic heterocycles. The minimum atomic E-state index is -0.706. The smallest absolute Gasteiger partial charge is 0.303 e. The zero-order valence-corrected chi connectivity index (χ0v) is 8.91. The van der Waals surface area contributed by atoms with Gasteiger partial charge < -0.3 is 15.1 Å². The summed E-state index contributed by atoms with van der Waals surface area (Å²) in [5.41, 5.74) is 0. The van der Waals surface area contributed by atoms with Crippen molar-refractivity contribution in [3.8, 4) is 0 Å². The minimum absolute atomic E-state index is 0.204. The van der Waals surface area contributed by atoms with Crippen LogP contribution in [0.15, 0.2) is 0 Å². The number of aliphatic hydroxyl groups excluding tert-OH is 1. The number of aliphatic hydroxyl groups is 1. The highest BCUT2D eigenvalue weighted by atomic mass is 16.4. The number of unbranched alkanes of at least 4 members (excludes halogenated alkanes) is 3. The predicted molar refractivity (Wildman–Crippen MR) is 55.3 cm³/mol. The zero-order chi connectivity index (χ0) is 10.8. The van der Waals surface area contributed by atoms with Crippen LogP contribution >= 0.6 is 0 Å². The molecule has 0 amide bonds. The van der Waals surface area contributed by atoms with Gasteiger partial charge in [-0.1, -0.05) is 12.8 Å². The van der Waals surface area contributed by atoms with Crippen LogP contribution < -0.4 is 0 Å². The third kappa shape index (κ3) is 9.48. The molecule has 0 aromatic rings. The van der Waals surface area contributed by atoms with Gasteiger partial charge in [0.05, 0.1) is 6.61 Å². The second kappa shape index (κ2) is 8.97. The van der Waals surface area contributed by atoms with Crippen LogP contribution in [-0.4, -0.2) is 47.8 Å². The van der Waals surface area contributed by atoms with Gasteiger partial charge >= 0.3 is 5.97 Å². The monoisotopic (exact) mass is 203 g/mol. The quantitative estimate of drug-likeness (QED) is 0.548. The van der Waals surface area contributed by atoms with Crippen molar-refractivity contribution in [2.24, 2.45) is 0 Å². The van der Waals surface area contributed by atoms with Crippen molar-refractivity contribution in [2.45, 2.75) is 32.1 Å². The molecule has 0 atom stereocenters. The Morgan fingerprint density at radius 2 is 1.79 bits per heavy atom. The van der Waals surface area contributed by atoms with Crippen molar-refractivity contribution < 1.29 is 15.0 Å². The summed E-state index contributed by atoms with van der Waals surface area (Å²) in [7, 11) is 1.98. The molecule has 0 unspecified atom stereocenters. The van der Waals surface area contributed by atoms with Gasteiger partial charge in [-0.05, 0) is 26.4 Å². The number of hydrogen-bond donors (Lipinski definition) is 2. The van der Waals surface area contributed by atoms with Crippen LogP contribution in [0.5, 0.6) is 0 Å². The molecule has 0 bridgehead atoms. The predicted octanol–water partition coefficient (Wildman–Crippen LogP) is 0.946. The molecule has 0 aliphatic carbocycles. The molecule has 0 saturated heterocycles. The van der Waals surface area contributed by atoms with E-state index in [1.165, 1.54) is 0 Å². The van der Waals surface area contributed by atoms with Gasteiger partial charge in [0.1, 0.15) is 0 Å². The fourth-order valence-corrected chi connectivity index (χ4v) is 1.29. The number of carboxylic acids is 1. The van der Waals surface area contributed by atoms with Gasteiger partial charge in [-0.25, -0.2) is 0 Å². The van der Waals surface area contributed by atoms with Crippen LogP contribution in [0, 0.1) is 0 Å². The summed E-state index contributed by atoms with van der Waals surface area (Å²) in [6, 6.07) is 0. The van der Waals surface area contributed by atoms with Crippen LogP contribution in [0.1, 0.15) is 32.1 Å². The van der Waals surface area contributed by atoms with Crippen LogP contribution in [0.25, 0.3) is 0 Å².